The van der Waals surface area contributed by atoms with Gasteiger partial charge in [-0.15, -0.1) is 11.3 Å². The summed E-state index contributed by atoms with van der Waals surface area (Å²) in [5, 5.41) is 7.24. The number of fused-ring (bicyclic) bond motifs is 1. The number of carbonyl (C=O) groups is 1. The lowest BCUT2D eigenvalue weighted by Gasteiger charge is -2.11. The van der Waals surface area contributed by atoms with Crippen LogP contribution in [0.5, 0.6) is 0 Å². The van der Waals surface area contributed by atoms with Gasteiger partial charge in [-0.05, 0) is 12.0 Å². The van der Waals surface area contributed by atoms with Crippen molar-refractivity contribution in [1.82, 2.24) is 15.0 Å². The van der Waals surface area contributed by atoms with Crippen LogP contribution in [0.3, 0.4) is 0 Å². The number of benzene rings is 3. The van der Waals surface area contributed by atoms with Gasteiger partial charge in [-0.3, -0.25) is 4.79 Å². The van der Waals surface area contributed by atoms with Crippen molar-refractivity contribution in [3.63, 3.8) is 0 Å². The highest BCUT2D eigenvalue weighted by Gasteiger charge is 2.15. The number of hydrogen-bond acceptors (Lipinski definition) is 6. The van der Waals surface area contributed by atoms with Gasteiger partial charge in [0.1, 0.15) is 5.03 Å². The van der Waals surface area contributed by atoms with E-state index < -0.39 is 0 Å². The third-order valence-electron chi connectivity index (χ3n) is 5.35. The van der Waals surface area contributed by atoms with Crippen molar-refractivity contribution in [2.75, 3.05) is 11.1 Å². The van der Waals surface area contributed by atoms with E-state index in [1.54, 1.807) is 0 Å². The molecule has 5 nitrogen and oxygen atoms in total. The number of amides is 1. The number of aryl methyl sites for hydroxylation is 1. The lowest BCUT2D eigenvalue weighted by molar-refractivity contribution is -0.113. The van der Waals surface area contributed by atoms with Crippen molar-refractivity contribution in [2.45, 2.75) is 18.4 Å². The molecule has 1 amide bonds. The van der Waals surface area contributed by atoms with Crippen molar-refractivity contribution in [2.24, 2.45) is 0 Å². The zero-order chi connectivity index (χ0) is 23.3. The lowest BCUT2D eigenvalue weighted by atomic mass is 10.1. The van der Waals surface area contributed by atoms with Crippen LogP contribution in [0.2, 0.25) is 0 Å². The molecule has 0 aliphatic heterocycles. The standard InChI is InChI=1S/C27H22N4OS2/c1-2-18-14-9-15-21-24(18)30-25(20-12-7-4-8-13-20)31-26(21)33-17-23(32)29-27-28-22(16-34-27)19-10-5-3-6-11-19/h3-16H,2,17H2,1H3,(H,28,29,32). The average molecular weight is 483 g/mol. The highest BCUT2D eigenvalue weighted by atomic mass is 32.2. The van der Waals surface area contributed by atoms with Gasteiger partial charge in [0.05, 0.1) is 17.0 Å². The summed E-state index contributed by atoms with van der Waals surface area (Å²) < 4.78 is 0. The first kappa shape index (κ1) is 22.3. The molecule has 2 aromatic heterocycles. The van der Waals surface area contributed by atoms with Crippen LogP contribution >= 0.6 is 23.1 Å². The maximum absolute atomic E-state index is 12.7. The molecule has 0 saturated heterocycles. The second kappa shape index (κ2) is 10.2. The Balaban J connectivity index is 1.37. The summed E-state index contributed by atoms with van der Waals surface area (Å²) >= 11 is 2.85. The molecule has 2 heterocycles. The summed E-state index contributed by atoms with van der Waals surface area (Å²) in [6.07, 6.45) is 0.876. The minimum absolute atomic E-state index is 0.112. The summed E-state index contributed by atoms with van der Waals surface area (Å²) in [5.41, 5.74) is 4.95. The second-order valence-electron chi connectivity index (χ2n) is 7.63. The zero-order valence-electron chi connectivity index (χ0n) is 18.6. The number of thioether (sulfide) groups is 1. The van der Waals surface area contributed by atoms with Crippen LogP contribution in [-0.4, -0.2) is 26.6 Å². The smallest absolute Gasteiger partial charge is 0.236 e. The molecule has 7 heteroatoms. The molecule has 0 spiro atoms. The predicted octanol–water partition coefficient (Wildman–Crippen LogP) is 6.71. The minimum atomic E-state index is -0.112. The Hall–Kier alpha value is -3.55. The fourth-order valence-corrected chi connectivity index (χ4v) is 5.20. The third kappa shape index (κ3) is 4.85. The molecule has 0 aliphatic carbocycles. The van der Waals surface area contributed by atoms with E-state index in [4.69, 9.17) is 9.97 Å². The first-order valence-electron chi connectivity index (χ1n) is 11.0. The molecular formula is C27H22N4OS2. The maximum atomic E-state index is 12.7. The Morgan fingerprint density at radius 3 is 2.35 bits per heavy atom. The molecule has 0 radical (unpaired) electrons. The first-order valence-corrected chi connectivity index (χ1v) is 12.9. The van der Waals surface area contributed by atoms with Crippen molar-refractivity contribution in [1.29, 1.82) is 0 Å². The quantitative estimate of drug-likeness (QED) is 0.206. The van der Waals surface area contributed by atoms with E-state index in [-0.39, 0.29) is 11.7 Å². The van der Waals surface area contributed by atoms with Crippen LogP contribution in [0.1, 0.15) is 12.5 Å². The van der Waals surface area contributed by atoms with E-state index in [9.17, 15) is 4.79 Å². The molecule has 168 valence electrons. The monoisotopic (exact) mass is 482 g/mol. The predicted molar refractivity (Wildman–Crippen MR) is 141 cm³/mol. The molecule has 5 aromatic rings. The summed E-state index contributed by atoms with van der Waals surface area (Å²) in [7, 11) is 0. The highest BCUT2D eigenvalue weighted by Crippen LogP contribution is 2.31. The fraction of sp³-hybridized carbons (Fsp3) is 0.111. The Morgan fingerprint density at radius 2 is 1.62 bits per heavy atom. The average Bonchev–Trinajstić information content (AvgIpc) is 3.36. The van der Waals surface area contributed by atoms with Crippen LogP contribution in [0.25, 0.3) is 33.5 Å². The molecule has 0 unspecified atom stereocenters. The van der Waals surface area contributed by atoms with Crippen LogP contribution in [-0.2, 0) is 11.2 Å². The summed E-state index contributed by atoms with van der Waals surface area (Å²) in [4.78, 5) is 27.0. The van der Waals surface area contributed by atoms with Crippen LogP contribution in [0.15, 0.2) is 89.3 Å². The summed E-state index contributed by atoms with van der Waals surface area (Å²) in [5.74, 6) is 0.791. The van der Waals surface area contributed by atoms with E-state index in [0.717, 1.165) is 39.2 Å². The Bertz CT molecular complexity index is 1440. The Labute approximate surface area is 206 Å². The van der Waals surface area contributed by atoms with Gasteiger partial charge in [0, 0.05) is 21.9 Å². The number of hydrogen-bond donors (Lipinski definition) is 1. The van der Waals surface area contributed by atoms with Gasteiger partial charge < -0.3 is 5.32 Å². The molecule has 0 bridgehead atoms. The number of anilines is 1. The molecule has 0 fully saturated rings. The summed E-state index contributed by atoms with van der Waals surface area (Å²) in [6, 6.07) is 26.0. The van der Waals surface area contributed by atoms with E-state index in [2.05, 4.69) is 23.3 Å². The lowest BCUT2D eigenvalue weighted by Crippen LogP contribution is -2.14. The Kier molecular flexibility index (Phi) is 6.65. The van der Waals surface area contributed by atoms with Gasteiger partial charge in [-0.2, -0.15) is 0 Å². The van der Waals surface area contributed by atoms with Gasteiger partial charge in [0.15, 0.2) is 11.0 Å². The molecule has 0 atom stereocenters. The van der Waals surface area contributed by atoms with Gasteiger partial charge in [-0.1, -0.05) is 97.5 Å². The van der Waals surface area contributed by atoms with E-state index in [1.165, 1.54) is 28.7 Å². The van der Waals surface area contributed by atoms with Gasteiger partial charge in [0.25, 0.3) is 0 Å². The number of rotatable bonds is 7. The van der Waals surface area contributed by atoms with Crippen molar-refractivity contribution < 1.29 is 4.79 Å². The largest absolute Gasteiger partial charge is 0.301 e. The first-order chi connectivity index (χ1) is 16.7. The molecule has 5 rings (SSSR count). The van der Waals surface area contributed by atoms with Crippen LogP contribution in [0, 0.1) is 0 Å². The SMILES string of the molecule is CCc1cccc2c(SCC(=O)Nc3nc(-c4ccccc4)cs3)nc(-c3ccccc3)nc12. The summed E-state index contributed by atoms with van der Waals surface area (Å²) in [6.45, 7) is 2.12. The number of carbonyl (C=O) groups excluding carboxylic acids is 1. The van der Waals surface area contributed by atoms with E-state index in [1.807, 2.05) is 78.2 Å². The number of thiazole rings is 1. The van der Waals surface area contributed by atoms with Gasteiger partial charge >= 0.3 is 0 Å². The molecule has 0 aliphatic rings. The third-order valence-corrected chi connectivity index (χ3v) is 7.10. The molecule has 34 heavy (non-hydrogen) atoms. The molecule has 1 N–H and O–H groups in total. The van der Waals surface area contributed by atoms with Crippen molar-refractivity contribution in [3.05, 3.63) is 89.8 Å². The zero-order valence-corrected chi connectivity index (χ0v) is 20.2. The Morgan fingerprint density at radius 1 is 0.882 bits per heavy atom. The van der Waals surface area contributed by atoms with E-state index in [0.29, 0.717) is 11.0 Å². The van der Waals surface area contributed by atoms with Crippen LogP contribution in [0.4, 0.5) is 5.13 Å². The van der Waals surface area contributed by atoms with Crippen molar-refractivity contribution in [3.8, 4) is 22.6 Å². The van der Waals surface area contributed by atoms with Crippen LogP contribution < -0.4 is 5.32 Å². The normalized spacial score (nSPS) is 11.0. The fourth-order valence-electron chi connectivity index (χ4n) is 3.66. The minimum Gasteiger partial charge on any atom is -0.301 e. The topological polar surface area (TPSA) is 67.8 Å². The maximum Gasteiger partial charge on any atom is 0.236 e. The number of aromatic nitrogens is 3. The highest BCUT2D eigenvalue weighted by molar-refractivity contribution is 8.00. The molecular weight excluding hydrogens is 460 g/mol. The molecule has 3 aromatic carbocycles. The van der Waals surface area contributed by atoms with Gasteiger partial charge in [0.2, 0.25) is 5.91 Å². The van der Waals surface area contributed by atoms with Gasteiger partial charge in [-0.25, -0.2) is 15.0 Å². The van der Waals surface area contributed by atoms with E-state index >= 15 is 0 Å². The number of para-hydroxylation sites is 1. The number of nitrogens with zero attached hydrogens (tertiary/aromatic N) is 3. The number of nitrogens with one attached hydrogen (secondary N) is 1. The van der Waals surface area contributed by atoms with Crippen molar-refractivity contribution >= 4 is 45.0 Å². The molecule has 0 saturated carbocycles. The second-order valence-corrected chi connectivity index (χ2v) is 9.45.